The molecule has 1 N–H and O–H groups in total. The number of nitrogens with zero attached hydrogens (tertiary/aromatic N) is 3. The predicted octanol–water partition coefficient (Wildman–Crippen LogP) is 4.74. The van der Waals surface area contributed by atoms with Gasteiger partial charge in [0.05, 0.1) is 12.2 Å². The lowest BCUT2D eigenvalue weighted by Gasteiger charge is -2.24. The summed E-state index contributed by atoms with van der Waals surface area (Å²) >= 11 is 0. The Bertz CT molecular complexity index is 1090. The van der Waals surface area contributed by atoms with Crippen molar-refractivity contribution < 1.29 is 4.79 Å². The van der Waals surface area contributed by atoms with Crippen molar-refractivity contribution in [3.05, 3.63) is 120 Å². The van der Waals surface area contributed by atoms with E-state index in [-0.39, 0.29) is 5.91 Å². The number of hydrogen-bond donors (Lipinski definition) is 1. The van der Waals surface area contributed by atoms with Crippen molar-refractivity contribution in [3.63, 3.8) is 0 Å². The maximum absolute atomic E-state index is 12.7. The Morgan fingerprint density at radius 3 is 2.27 bits per heavy atom. The van der Waals surface area contributed by atoms with E-state index in [0.29, 0.717) is 18.7 Å². The van der Waals surface area contributed by atoms with Crippen LogP contribution in [0.4, 0.5) is 11.5 Å². The Labute approximate surface area is 176 Å². The predicted molar refractivity (Wildman–Crippen MR) is 118 cm³/mol. The van der Waals surface area contributed by atoms with Crippen LogP contribution in [0.5, 0.6) is 0 Å². The summed E-state index contributed by atoms with van der Waals surface area (Å²) in [6, 6.07) is 29.5. The number of rotatable bonds is 7. The Morgan fingerprint density at radius 2 is 1.53 bits per heavy atom. The first-order valence-electron chi connectivity index (χ1n) is 9.80. The first-order valence-corrected chi connectivity index (χ1v) is 9.80. The molecule has 0 atom stereocenters. The number of nitrogens with one attached hydrogen (secondary N) is 1. The van der Waals surface area contributed by atoms with Crippen LogP contribution < -0.4 is 10.2 Å². The smallest absolute Gasteiger partial charge is 0.251 e. The molecule has 2 aromatic carbocycles. The number of carbonyl (C=O) groups excluding carboxylic acids is 1. The molecule has 30 heavy (non-hydrogen) atoms. The fourth-order valence-electron chi connectivity index (χ4n) is 3.16. The summed E-state index contributed by atoms with van der Waals surface area (Å²) in [5.41, 5.74) is 3.55. The van der Waals surface area contributed by atoms with Crippen LogP contribution in [0.2, 0.25) is 0 Å². The van der Waals surface area contributed by atoms with Gasteiger partial charge in [-0.3, -0.25) is 9.78 Å². The molecule has 0 saturated carbocycles. The lowest BCUT2D eigenvalue weighted by atomic mass is 10.1. The van der Waals surface area contributed by atoms with Crippen molar-refractivity contribution in [3.8, 4) is 0 Å². The minimum Gasteiger partial charge on any atom is -0.346 e. The van der Waals surface area contributed by atoms with Crippen LogP contribution in [0, 0.1) is 0 Å². The van der Waals surface area contributed by atoms with Gasteiger partial charge in [0.25, 0.3) is 5.91 Å². The average molecular weight is 394 g/mol. The summed E-state index contributed by atoms with van der Waals surface area (Å²) in [7, 11) is 0. The first-order chi connectivity index (χ1) is 14.8. The zero-order valence-corrected chi connectivity index (χ0v) is 16.5. The number of pyridine rings is 2. The molecule has 5 nitrogen and oxygen atoms in total. The van der Waals surface area contributed by atoms with Gasteiger partial charge in [0.2, 0.25) is 0 Å². The molecule has 2 heterocycles. The third-order valence-corrected chi connectivity index (χ3v) is 4.69. The highest BCUT2D eigenvalue weighted by Crippen LogP contribution is 2.26. The number of carbonyl (C=O) groups is 1. The van der Waals surface area contributed by atoms with E-state index < -0.39 is 0 Å². The van der Waals surface area contributed by atoms with E-state index in [1.807, 2.05) is 72.8 Å². The topological polar surface area (TPSA) is 58.1 Å². The quantitative estimate of drug-likeness (QED) is 0.492. The van der Waals surface area contributed by atoms with Crippen LogP contribution in [0.15, 0.2) is 103 Å². The van der Waals surface area contributed by atoms with E-state index in [1.165, 1.54) is 0 Å². The van der Waals surface area contributed by atoms with Gasteiger partial charge in [-0.15, -0.1) is 0 Å². The average Bonchev–Trinajstić information content (AvgIpc) is 2.83. The molecule has 4 rings (SSSR count). The molecule has 2 aromatic heterocycles. The molecule has 0 aliphatic rings. The lowest BCUT2D eigenvalue weighted by molar-refractivity contribution is 0.0950. The normalized spacial score (nSPS) is 10.4. The molecular formula is C25H22N4O. The summed E-state index contributed by atoms with van der Waals surface area (Å²) in [5.74, 6) is 0.563. The Hall–Kier alpha value is -3.99. The van der Waals surface area contributed by atoms with Crippen molar-refractivity contribution in [1.29, 1.82) is 0 Å². The number of benzene rings is 2. The van der Waals surface area contributed by atoms with E-state index in [0.717, 1.165) is 22.8 Å². The molecule has 0 aliphatic heterocycles. The number of hydrogen-bond acceptors (Lipinski definition) is 4. The summed E-state index contributed by atoms with van der Waals surface area (Å²) in [4.78, 5) is 23.6. The molecule has 0 spiro atoms. The molecule has 4 aromatic rings. The Morgan fingerprint density at radius 1 is 0.800 bits per heavy atom. The third kappa shape index (κ3) is 4.89. The van der Waals surface area contributed by atoms with Gasteiger partial charge in [-0.1, -0.05) is 54.6 Å². The highest BCUT2D eigenvalue weighted by molar-refractivity contribution is 5.94. The van der Waals surface area contributed by atoms with E-state index in [1.54, 1.807) is 18.5 Å². The van der Waals surface area contributed by atoms with Crippen LogP contribution >= 0.6 is 0 Å². The van der Waals surface area contributed by atoms with Crippen molar-refractivity contribution in [2.45, 2.75) is 13.1 Å². The third-order valence-electron chi connectivity index (χ3n) is 4.69. The number of anilines is 2. The van der Waals surface area contributed by atoms with Gasteiger partial charge in [-0.2, -0.15) is 0 Å². The molecule has 0 fully saturated rings. The Balaban J connectivity index is 1.57. The van der Waals surface area contributed by atoms with Gasteiger partial charge in [0, 0.05) is 30.2 Å². The SMILES string of the molecule is O=C(NCc1ccccn1)c1ccnc(N(Cc2ccccc2)c2ccccc2)c1. The largest absolute Gasteiger partial charge is 0.346 e. The number of aromatic nitrogens is 2. The zero-order valence-electron chi connectivity index (χ0n) is 16.5. The molecule has 148 valence electrons. The summed E-state index contributed by atoms with van der Waals surface area (Å²) < 4.78 is 0. The molecule has 0 unspecified atom stereocenters. The van der Waals surface area contributed by atoms with Crippen LogP contribution in [-0.4, -0.2) is 15.9 Å². The molecule has 0 aliphatic carbocycles. The van der Waals surface area contributed by atoms with Gasteiger partial charge in [0.1, 0.15) is 5.82 Å². The maximum atomic E-state index is 12.7. The van der Waals surface area contributed by atoms with Gasteiger partial charge in [-0.05, 0) is 42.0 Å². The maximum Gasteiger partial charge on any atom is 0.251 e. The molecule has 5 heteroatoms. The highest BCUT2D eigenvalue weighted by atomic mass is 16.1. The summed E-state index contributed by atoms with van der Waals surface area (Å²) in [6.07, 6.45) is 3.39. The van der Waals surface area contributed by atoms with E-state index >= 15 is 0 Å². The number of amides is 1. The molecule has 0 bridgehead atoms. The van der Waals surface area contributed by atoms with E-state index in [2.05, 4.69) is 32.3 Å². The molecule has 0 radical (unpaired) electrons. The fraction of sp³-hybridized carbons (Fsp3) is 0.0800. The fourth-order valence-corrected chi connectivity index (χ4v) is 3.16. The number of para-hydroxylation sites is 1. The van der Waals surface area contributed by atoms with Gasteiger partial charge in [-0.25, -0.2) is 4.98 Å². The van der Waals surface area contributed by atoms with Crippen molar-refractivity contribution >= 4 is 17.4 Å². The summed E-state index contributed by atoms with van der Waals surface area (Å²) in [5, 5.41) is 2.92. The van der Waals surface area contributed by atoms with Crippen LogP contribution in [0.25, 0.3) is 0 Å². The van der Waals surface area contributed by atoms with Crippen LogP contribution in [-0.2, 0) is 13.1 Å². The molecule has 1 amide bonds. The lowest BCUT2D eigenvalue weighted by Crippen LogP contribution is -2.24. The van der Waals surface area contributed by atoms with Gasteiger partial charge < -0.3 is 10.2 Å². The van der Waals surface area contributed by atoms with Crippen molar-refractivity contribution in [2.24, 2.45) is 0 Å². The van der Waals surface area contributed by atoms with Gasteiger partial charge in [0.15, 0.2) is 0 Å². The second kappa shape index (κ2) is 9.47. The minimum absolute atomic E-state index is 0.156. The monoisotopic (exact) mass is 394 g/mol. The first kappa shape index (κ1) is 19.3. The second-order valence-electron chi connectivity index (χ2n) is 6.81. The zero-order chi connectivity index (χ0) is 20.6. The molecular weight excluding hydrogens is 372 g/mol. The van der Waals surface area contributed by atoms with E-state index in [4.69, 9.17) is 0 Å². The highest BCUT2D eigenvalue weighted by Gasteiger charge is 2.14. The summed E-state index contributed by atoms with van der Waals surface area (Å²) in [6.45, 7) is 1.03. The van der Waals surface area contributed by atoms with Crippen LogP contribution in [0.1, 0.15) is 21.6 Å². The van der Waals surface area contributed by atoms with Crippen molar-refractivity contribution in [2.75, 3.05) is 4.90 Å². The van der Waals surface area contributed by atoms with Crippen molar-refractivity contribution in [1.82, 2.24) is 15.3 Å². The minimum atomic E-state index is -0.156. The Kier molecular flexibility index (Phi) is 6.11. The molecule has 0 saturated heterocycles. The standard InChI is InChI=1S/C25H22N4O/c30-25(28-18-22-11-7-8-15-26-22)21-14-16-27-24(17-21)29(23-12-5-2-6-13-23)19-20-9-3-1-4-10-20/h1-17H,18-19H2,(H,28,30). The van der Waals surface area contributed by atoms with Crippen LogP contribution in [0.3, 0.4) is 0 Å². The van der Waals surface area contributed by atoms with E-state index in [9.17, 15) is 4.79 Å². The van der Waals surface area contributed by atoms with Gasteiger partial charge >= 0.3 is 0 Å². The second-order valence-corrected chi connectivity index (χ2v) is 6.81.